The minimum atomic E-state index is -4.64. The fourth-order valence-corrected chi connectivity index (χ4v) is 4.08. The average Bonchev–Trinajstić information content (AvgIpc) is 3.30. The molecule has 6 nitrogen and oxygen atoms in total. The van der Waals surface area contributed by atoms with Crippen LogP contribution in [0.15, 0.2) is 48.8 Å². The van der Waals surface area contributed by atoms with Gasteiger partial charge in [0.1, 0.15) is 0 Å². The summed E-state index contributed by atoms with van der Waals surface area (Å²) in [7, 11) is 2.08. The van der Waals surface area contributed by atoms with Gasteiger partial charge in [-0.1, -0.05) is 35.3 Å². The summed E-state index contributed by atoms with van der Waals surface area (Å²) in [6.45, 7) is 1.69. The Morgan fingerprint density at radius 1 is 1.24 bits per heavy atom. The van der Waals surface area contributed by atoms with Gasteiger partial charge < -0.3 is 10.2 Å². The molecule has 1 aliphatic heterocycles. The van der Waals surface area contributed by atoms with Crippen molar-refractivity contribution < 1.29 is 22.8 Å². The Morgan fingerprint density at radius 3 is 2.48 bits per heavy atom. The van der Waals surface area contributed by atoms with Gasteiger partial charge in [0.25, 0.3) is 5.91 Å². The first-order chi connectivity index (χ1) is 15.6. The third kappa shape index (κ3) is 6.56. The van der Waals surface area contributed by atoms with Crippen molar-refractivity contribution in [3.8, 4) is 0 Å². The van der Waals surface area contributed by atoms with E-state index in [1.807, 2.05) is 30.3 Å². The Morgan fingerprint density at radius 2 is 1.91 bits per heavy atom. The van der Waals surface area contributed by atoms with Gasteiger partial charge >= 0.3 is 6.18 Å². The van der Waals surface area contributed by atoms with Gasteiger partial charge in [-0.2, -0.15) is 18.3 Å². The first-order valence-electron chi connectivity index (χ1n) is 9.67. The highest BCUT2D eigenvalue weighted by molar-refractivity contribution is 6.35. The highest BCUT2D eigenvalue weighted by Crippen LogP contribution is 2.38. The summed E-state index contributed by atoms with van der Waals surface area (Å²) < 4.78 is 31.2. The second kappa shape index (κ2) is 10.4. The van der Waals surface area contributed by atoms with Gasteiger partial charge in [-0.15, -0.1) is 0 Å². The molecule has 3 aromatic rings. The van der Waals surface area contributed by atoms with Crippen LogP contribution in [0.25, 0.3) is 0 Å². The predicted molar refractivity (Wildman–Crippen MR) is 120 cm³/mol. The summed E-state index contributed by atoms with van der Waals surface area (Å²) in [5, 5.41) is 10.7. The highest BCUT2D eigenvalue weighted by atomic mass is 35.5. The topological polar surface area (TPSA) is 78.1 Å². The number of carbonyl (C=O) groups is 2. The summed E-state index contributed by atoms with van der Waals surface area (Å²) in [5.74, 6) is -0.0219. The number of aromatic nitrogens is 2. The van der Waals surface area contributed by atoms with Crippen LogP contribution in [-0.4, -0.2) is 47.1 Å². The lowest BCUT2D eigenvalue weighted by Crippen LogP contribution is -2.31. The minimum Gasteiger partial charge on any atom is -0.322 e. The van der Waals surface area contributed by atoms with Crippen molar-refractivity contribution in [1.82, 2.24) is 15.1 Å². The molecule has 0 spiro atoms. The number of benzene rings is 2. The maximum Gasteiger partial charge on any atom is 0.446 e. The smallest absolute Gasteiger partial charge is 0.322 e. The van der Waals surface area contributed by atoms with Crippen molar-refractivity contribution in [2.45, 2.75) is 18.6 Å². The molecule has 33 heavy (non-hydrogen) atoms. The molecule has 2 N–H and O–H groups in total. The molecule has 1 amide bonds. The molecule has 1 unspecified atom stereocenters. The van der Waals surface area contributed by atoms with E-state index < -0.39 is 12.5 Å². The number of hydrogen-bond donors (Lipinski definition) is 2. The lowest BCUT2D eigenvalue weighted by atomic mass is 9.84. The molecule has 0 bridgehead atoms. The Bertz CT molecular complexity index is 1120. The number of halogens is 5. The van der Waals surface area contributed by atoms with Crippen LogP contribution in [0.2, 0.25) is 10.0 Å². The summed E-state index contributed by atoms with van der Waals surface area (Å²) in [6.07, 6.45) is -2.65. The SMILES string of the molecule is CN1Cc2c(Cl)cc(Cl)cc2C(c2ccc(NC(=O)c3cn[nH]c3)cc2)C1.O=CC(F)(F)F. The van der Waals surface area contributed by atoms with Crippen LogP contribution in [0.3, 0.4) is 0 Å². The second-order valence-corrected chi connectivity index (χ2v) is 8.27. The molecule has 0 radical (unpaired) electrons. The van der Waals surface area contributed by atoms with E-state index in [1.54, 1.807) is 12.3 Å². The molecular formula is C22H19Cl2F3N4O2. The lowest BCUT2D eigenvalue weighted by molar-refractivity contribution is -0.156. The molecule has 2 aromatic carbocycles. The largest absolute Gasteiger partial charge is 0.446 e. The van der Waals surface area contributed by atoms with Crippen LogP contribution in [0.4, 0.5) is 18.9 Å². The van der Waals surface area contributed by atoms with Crippen molar-refractivity contribution in [3.05, 3.63) is 81.1 Å². The summed E-state index contributed by atoms with van der Waals surface area (Å²) in [4.78, 5) is 23.1. The molecule has 4 rings (SSSR count). The molecule has 0 saturated heterocycles. The third-order valence-corrected chi connectivity index (χ3v) is 5.51. The van der Waals surface area contributed by atoms with Gasteiger partial charge in [-0.25, -0.2) is 0 Å². The van der Waals surface area contributed by atoms with Crippen LogP contribution in [0, 0.1) is 0 Å². The number of amides is 1. The molecule has 1 aromatic heterocycles. The predicted octanol–water partition coefficient (Wildman–Crippen LogP) is 5.29. The Balaban J connectivity index is 0.000000454. The lowest BCUT2D eigenvalue weighted by Gasteiger charge is -2.33. The van der Waals surface area contributed by atoms with E-state index in [-0.39, 0.29) is 11.8 Å². The maximum absolute atomic E-state index is 12.1. The Labute approximate surface area is 197 Å². The number of rotatable bonds is 3. The number of anilines is 1. The van der Waals surface area contributed by atoms with E-state index in [0.717, 1.165) is 29.9 Å². The molecule has 11 heteroatoms. The molecule has 1 atom stereocenters. The first kappa shape index (κ1) is 24.8. The number of aromatic amines is 1. The van der Waals surface area contributed by atoms with Gasteiger partial charge in [-0.3, -0.25) is 14.7 Å². The molecule has 0 aliphatic carbocycles. The van der Waals surface area contributed by atoms with Crippen molar-refractivity contribution in [2.24, 2.45) is 0 Å². The number of likely N-dealkylation sites (N-methyl/N-ethyl adjacent to an activating group) is 1. The summed E-state index contributed by atoms with van der Waals surface area (Å²) in [5.41, 5.74) is 4.67. The van der Waals surface area contributed by atoms with E-state index in [2.05, 4.69) is 27.5 Å². The van der Waals surface area contributed by atoms with Crippen LogP contribution in [-0.2, 0) is 11.3 Å². The molecule has 174 valence electrons. The Hall–Kier alpha value is -2.88. The van der Waals surface area contributed by atoms with Crippen molar-refractivity contribution in [3.63, 3.8) is 0 Å². The fourth-order valence-electron chi connectivity index (χ4n) is 3.51. The number of nitrogens with one attached hydrogen (secondary N) is 2. The highest BCUT2D eigenvalue weighted by Gasteiger charge is 2.27. The molecular weight excluding hydrogens is 480 g/mol. The zero-order valence-corrected chi connectivity index (χ0v) is 18.8. The normalized spacial score (nSPS) is 15.8. The van der Waals surface area contributed by atoms with E-state index in [4.69, 9.17) is 28.0 Å². The zero-order chi connectivity index (χ0) is 24.2. The number of carbonyl (C=O) groups excluding carboxylic acids is 2. The number of nitrogens with zero attached hydrogens (tertiary/aromatic N) is 2. The van der Waals surface area contributed by atoms with Crippen molar-refractivity contribution >= 4 is 41.1 Å². The van der Waals surface area contributed by atoms with Gasteiger partial charge in [-0.05, 0) is 48.0 Å². The standard InChI is InChI=1S/C20H18Cl2N4O.C2HF3O/c1-26-10-17(16-6-14(21)7-19(22)18(16)11-26)12-2-4-15(5-3-12)25-20(27)13-8-23-24-9-13;3-2(4,5)1-6/h2-9,17H,10-11H2,1H3,(H,23,24)(H,25,27);1H. The number of hydrogen-bond acceptors (Lipinski definition) is 4. The molecule has 0 saturated carbocycles. The maximum atomic E-state index is 12.1. The van der Waals surface area contributed by atoms with Gasteiger partial charge in [0.05, 0.1) is 11.8 Å². The van der Waals surface area contributed by atoms with E-state index in [1.165, 1.54) is 11.8 Å². The van der Waals surface area contributed by atoms with Crippen LogP contribution < -0.4 is 5.32 Å². The number of aldehydes is 1. The zero-order valence-electron chi connectivity index (χ0n) is 17.3. The monoisotopic (exact) mass is 498 g/mol. The average molecular weight is 499 g/mol. The fraction of sp³-hybridized carbons (Fsp3) is 0.227. The molecule has 2 heterocycles. The van der Waals surface area contributed by atoms with Crippen LogP contribution >= 0.6 is 23.2 Å². The van der Waals surface area contributed by atoms with E-state index >= 15 is 0 Å². The summed E-state index contributed by atoms with van der Waals surface area (Å²) in [6, 6.07) is 11.7. The summed E-state index contributed by atoms with van der Waals surface area (Å²) >= 11 is 12.7. The van der Waals surface area contributed by atoms with Gasteiger partial charge in [0.2, 0.25) is 6.29 Å². The number of H-pyrrole nitrogens is 1. The second-order valence-electron chi connectivity index (χ2n) is 7.43. The quantitative estimate of drug-likeness (QED) is 0.480. The van der Waals surface area contributed by atoms with Gasteiger partial charge in [0, 0.05) is 40.9 Å². The number of fused-ring (bicyclic) bond motifs is 1. The van der Waals surface area contributed by atoms with Gasteiger partial charge in [0.15, 0.2) is 0 Å². The Kier molecular flexibility index (Phi) is 7.78. The van der Waals surface area contributed by atoms with Crippen LogP contribution in [0.5, 0.6) is 0 Å². The first-order valence-corrected chi connectivity index (χ1v) is 10.4. The minimum absolute atomic E-state index is 0.175. The third-order valence-electron chi connectivity index (χ3n) is 4.96. The van der Waals surface area contributed by atoms with Crippen molar-refractivity contribution in [2.75, 3.05) is 18.9 Å². The molecule has 1 aliphatic rings. The number of alkyl halides is 3. The van der Waals surface area contributed by atoms with E-state index in [9.17, 15) is 18.0 Å². The molecule has 0 fully saturated rings. The van der Waals surface area contributed by atoms with E-state index in [0.29, 0.717) is 15.6 Å². The van der Waals surface area contributed by atoms with Crippen LogP contribution in [0.1, 0.15) is 33.0 Å². The van der Waals surface area contributed by atoms with Crippen molar-refractivity contribution in [1.29, 1.82) is 0 Å².